The molecule has 0 bridgehead atoms. The van der Waals surface area contributed by atoms with Gasteiger partial charge in [-0.3, -0.25) is 4.98 Å². The zero-order valence-electron chi connectivity index (χ0n) is 31.6. The first-order valence-electron chi connectivity index (χ1n) is 19.5. The summed E-state index contributed by atoms with van der Waals surface area (Å²) >= 11 is 0. The highest BCUT2D eigenvalue weighted by atomic mass is 15.1. The molecule has 7 aromatic heterocycles. The Morgan fingerprint density at radius 3 is 1.93 bits per heavy atom. The van der Waals surface area contributed by atoms with Crippen molar-refractivity contribution in [2.75, 3.05) is 0 Å². The van der Waals surface area contributed by atoms with Crippen molar-refractivity contribution in [2.45, 2.75) is 0 Å². The van der Waals surface area contributed by atoms with E-state index in [0.717, 1.165) is 82.2 Å². The molecule has 0 aliphatic rings. The molecule has 60 heavy (non-hydrogen) atoms. The van der Waals surface area contributed by atoms with Gasteiger partial charge >= 0.3 is 0 Å². The quantitative estimate of drug-likeness (QED) is 0.167. The van der Waals surface area contributed by atoms with Crippen LogP contribution in [0.5, 0.6) is 0 Å². The molecule has 0 saturated heterocycles. The van der Waals surface area contributed by atoms with Crippen molar-refractivity contribution in [1.29, 1.82) is 0 Å². The second kappa shape index (κ2) is 13.6. The molecule has 0 aliphatic heterocycles. The number of nitrogens with zero attached hydrogens (tertiary/aromatic N) is 10. The molecule has 0 unspecified atom stereocenters. The SMILES string of the molecule is c1ccc2nc(-c3c(-c4nccc5ccccc45)cc4nnc(-c5ncc6ccccc6n5)c(-c5ccc6cccnc6n5)c4c3-c3nncc4ccccc34)ccc2c1. The first-order chi connectivity index (χ1) is 29.7. The predicted octanol–water partition coefficient (Wildman–Crippen LogP) is 10.9. The van der Waals surface area contributed by atoms with Crippen molar-refractivity contribution in [1.82, 2.24) is 50.3 Å². The summed E-state index contributed by atoms with van der Waals surface area (Å²) < 4.78 is 0. The van der Waals surface area contributed by atoms with E-state index < -0.39 is 0 Å². The van der Waals surface area contributed by atoms with Gasteiger partial charge in [-0.05, 0) is 60.0 Å². The van der Waals surface area contributed by atoms with Crippen LogP contribution in [0, 0.1) is 0 Å². The molecule has 0 atom stereocenters. The summed E-state index contributed by atoms with van der Waals surface area (Å²) in [5.74, 6) is 0.404. The third-order valence-corrected chi connectivity index (χ3v) is 11.1. The van der Waals surface area contributed by atoms with Gasteiger partial charge in [-0.15, -0.1) is 15.3 Å². The van der Waals surface area contributed by atoms with E-state index in [2.05, 4.69) is 52.5 Å². The Hall–Kier alpha value is -8.50. The molecule has 0 N–H and O–H groups in total. The average Bonchev–Trinajstić information content (AvgIpc) is 3.32. The Balaban J connectivity index is 1.32. The number of hydrogen-bond donors (Lipinski definition) is 0. The standard InChI is InChI=1S/C50H28N10/c1-5-15-34-29(10-1)23-25-51-46(34)36-26-41-43(45(47-35-16-6-2-12-32(35)28-54-59-47)42(36)39-21-19-30-11-3-7-17-37(30)55-39)44(40-22-20-31-14-9-24-52-49(31)57-40)48(60-58-41)50-53-27-33-13-4-8-18-38(33)56-50/h1-28H. The Kier molecular flexibility index (Phi) is 7.60. The van der Waals surface area contributed by atoms with Crippen LogP contribution < -0.4 is 0 Å². The van der Waals surface area contributed by atoms with Crippen molar-refractivity contribution >= 4 is 65.3 Å². The normalized spacial score (nSPS) is 11.7. The predicted molar refractivity (Wildman–Crippen MR) is 237 cm³/mol. The number of hydrogen-bond acceptors (Lipinski definition) is 10. The number of fused-ring (bicyclic) bond motifs is 6. The zero-order chi connectivity index (χ0) is 39.6. The largest absolute Gasteiger partial charge is 0.256 e. The van der Waals surface area contributed by atoms with Crippen LogP contribution in [0.2, 0.25) is 0 Å². The fraction of sp³-hybridized carbons (Fsp3) is 0. The zero-order valence-corrected chi connectivity index (χ0v) is 31.6. The molecular formula is C50H28N10. The van der Waals surface area contributed by atoms with Gasteiger partial charge in [0.05, 0.1) is 39.8 Å². The van der Waals surface area contributed by atoms with Crippen molar-refractivity contribution in [3.63, 3.8) is 0 Å². The molecule has 0 amide bonds. The maximum absolute atomic E-state index is 5.38. The molecule has 7 heterocycles. The third-order valence-electron chi connectivity index (χ3n) is 11.1. The summed E-state index contributed by atoms with van der Waals surface area (Å²) in [6.45, 7) is 0. The fourth-order valence-electron chi connectivity index (χ4n) is 8.30. The second-order valence-corrected chi connectivity index (χ2v) is 14.5. The number of aromatic nitrogens is 10. The van der Waals surface area contributed by atoms with E-state index in [1.807, 2.05) is 116 Å². The van der Waals surface area contributed by atoms with Gasteiger partial charge in [0.1, 0.15) is 11.4 Å². The summed E-state index contributed by atoms with van der Waals surface area (Å²) in [6, 6.07) is 48.6. The lowest BCUT2D eigenvalue weighted by atomic mass is 9.85. The molecule has 0 radical (unpaired) electrons. The fourth-order valence-corrected chi connectivity index (χ4v) is 8.30. The van der Waals surface area contributed by atoms with E-state index in [1.165, 1.54) is 0 Å². The highest BCUT2D eigenvalue weighted by molar-refractivity contribution is 6.18. The molecule has 12 rings (SSSR count). The summed E-state index contributed by atoms with van der Waals surface area (Å²) in [6.07, 6.45) is 7.20. The summed E-state index contributed by atoms with van der Waals surface area (Å²) in [4.78, 5) is 30.3. The van der Waals surface area contributed by atoms with Crippen molar-refractivity contribution in [3.8, 4) is 56.5 Å². The van der Waals surface area contributed by atoms with Gasteiger partial charge in [0.25, 0.3) is 0 Å². The van der Waals surface area contributed by atoms with Crippen LogP contribution in [-0.4, -0.2) is 50.3 Å². The van der Waals surface area contributed by atoms with E-state index in [0.29, 0.717) is 39.6 Å². The van der Waals surface area contributed by atoms with Crippen molar-refractivity contribution in [3.05, 3.63) is 170 Å². The smallest absolute Gasteiger partial charge is 0.181 e. The number of benzene rings is 5. The lowest BCUT2D eigenvalue weighted by molar-refractivity contribution is 1.05. The van der Waals surface area contributed by atoms with Gasteiger partial charge in [0.2, 0.25) is 0 Å². The topological polar surface area (TPSA) is 129 Å². The Labute approximate surface area is 341 Å². The van der Waals surface area contributed by atoms with Crippen LogP contribution in [0.4, 0.5) is 0 Å². The van der Waals surface area contributed by atoms with E-state index in [9.17, 15) is 0 Å². The summed E-state index contributed by atoms with van der Waals surface area (Å²) in [7, 11) is 0. The first-order valence-corrected chi connectivity index (χ1v) is 19.5. The number of rotatable bonds is 5. The van der Waals surface area contributed by atoms with E-state index in [1.54, 1.807) is 12.4 Å². The molecule has 10 heteroatoms. The Morgan fingerprint density at radius 1 is 0.367 bits per heavy atom. The van der Waals surface area contributed by atoms with Crippen LogP contribution in [0.3, 0.4) is 0 Å². The third kappa shape index (κ3) is 5.43. The Morgan fingerprint density at radius 2 is 1.07 bits per heavy atom. The number of para-hydroxylation sites is 2. The van der Waals surface area contributed by atoms with Gasteiger partial charge in [-0.1, -0.05) is 91.0 Å². The molecule has 0 aliphatic carbocycles. The van der Waals surface area contributed by atoms with Gasteiger partial charge in [0, 0.05) is 78.5 Å². The average molecular weight is 769 g/mol. The van der Waals surface area contributed by atoms with Crippen molar-refractivity contribution in [2.24, 2.45) is 0 Å². The molecular weight excluding hydrogens is 741 g/mol. The van der Waals surface area contributed by atoms with E-state index in [4.69, 9.17) is 40.2 Å². The molecule has 278 valence electrons. The molecule has 10 nitrogen and oxygen atoms in total. The van der Waals surface area contributed by atoms with Crippen LogP contribution >= 0.6 is 0 Å². The van der Waals surface area contributed by atoms with E-state index >= 15 is 0 Å². The molecule has 0 spiro atoms. The highest BCUT2D eigenvalue weighted by Crippen LogP contribution is 2.49. The molecule has 0 fully saturated rings. The molecule has 0 saturated carbocycles. The van der Waals surface area contributed by atoms with Crippen molar-refractivity contribution < 1.29 is 0 Å². The summed E-state index contributed by atoms with van der Waals surface area (Å²) in [5, 5.41) is 27.0. The highest BCUT2D eigenvalue weighted by Gasteiger charge is 2.29. The van der Waals surface area contributed by atoms with Crippen LogP contribution in [0.15, 0.2) is 170 Å². The van der Waals surface area contributed by atoms with E-state index in [-0.39, 0.29) is 0 Å². The lowest BCUT2D eigenvalue weighted by Crippen LogP contribution is -2.05. The van der Waals surface area contributed by atoms with Crippen LogP contribution in [0.25, 0.3) is 122 Å². The summed E-state index contributed by atoms with van der Waals surface area (Å²) in [5.41, 5.74) is 9.07. The maximum Gasteiger partial charge on any atom is 0.181 e. The number of pyridine rings is 4. The van der Waals surface area contributed by atoms with Gasteiger partial charge in [-0.2, -0.15) is 5.10 Å². The van der Waals surface area contributed by atoms with Crippen LogP contribution in [0.1, 0.15) is 0 Å². The first kappa shape index (κ1) is 33.6. The monoisotopic (exact) mass is 768 g/mol. The molecule has 5 aromatic carbocycles. The molecule has 12 aromatic rings. The van der Waals surface area contributed by atoms with Gasteiger partial charge in [0.15, 0.2) is 11.5 Å². The maximum atomic E-state index is 5.38. The Bertz CT molecular complexity index is 3690. The minimum absolute atomic E-state index is 0.404. The minimum Gasteiger partial charge on any atom is -0.256 e. The second-order valence-electron chi connectivity index (χ2n) is 14.5. The van der Waals surface area contributed by atoms with Gasteiger partial charge < -0.3 is 0 Å². The van der Waals surface area contributed by atoms with Gasteiger partial charge in [-0.25, -0.2) is 24.9 Å². The minimum atomic E-state index is 0.404. The lowest BCUT2D eigenvalue weighted by Gasteiger charge is -2.21. The van der Waals surface area contributed by atoms with Crippen LogP contribution in [-0.2, 0) is 0 Å².